The summed E-state index contributed by atoms with van der Waals surface area (Å²) in [6, 6.07) is 5.27. The zero-order valence-electron chi connectivity index (χ0n) is 12.7. The fourth-order valence-corrected chi connectivity index (χ4v) is 1.82. The lowest BCUT2D eigenvalue weighted by molar-refractivity contribution is -0.136. The Balaban J connectivity index is 1.75. The van der Waals surface area contributed by atoms with Crippen molar-refractivity contribution in [3.63, 3.8) is 0 Å². The highest BCUT2D eigenvalue weighted by Gasteiger charge is 2.12. The molecule has 0 spiro atoms. The summed E-state index contributed by atoms with van der Waals surface area (Å²) in [6.45, 7) is 0. The van der Waals surface area contributed by atoms with E-state index in [0.29, 0.717) is 0 Å². The first-order chi connectivity index (χ1) is 11.8. The van der Waals surface area contributed by atoms with Crippen molar-refractivity contribution < 1.29 is 36.6 Å². The Bertz CT molecular complexity index is 727. The van der Waals surface area contributed by atoms with E-state index < -0.39 is 35.2 Å². The van der Waals surface area contributed by atoms with Gasteiger partial charge >= 0.3 is 11.9 Å². The Morgan fingerprint density at radius 3 is 1.44 bits per heavy atom. The maximum atomic E-state index is 13.0. The molecule has 2 aromatic carbocycles. The van der Waals surface area contributed by atoms with Gasteiger partial charge in [-0.1, -0.05) is 0 Å². The lowest BCUT2D eigenvalue weighted by atomic mass is 10.2. The molecule has 0 aliphatic carbocycles. The van der Waals surface area contributed by atoms with Crippen molar-refractivity contribution in [2.24, 2.45) is 0 Å². The van der Waals surface area contributed by atoms with Crippen molar-refractivity contribution in [1.82, 2.24) is 0 Å². The maximum absolute atomic E-state index is 13.0. The third-order valence-electron chi connectivity index (χ3n) is 3.01. The molecule has 8 heteroatoms. The summed E-state index contributed by atoms with van der Waals surface area (Å²) in [5.74, 6) is -6.25. The first-order valence-electron chi connectivity index (χ1n) is 7.16. The highest BCUT2D eigenvalue weighted by Crippen LogP contribution is 2.18. The van der Waals surface area contributed by atoms with Gasteiger partial charge in [0.15, 0.2) is 23.3 Å². The Kier molecular flexibility index (Phi) is 6.10. The van der Waals surface area contributed by atoms with Crippen LogP contribution in [0.2, 0.25) is 0 Å². The van der Waals surface area contributed by atoms with Gasteiger partial charge < -0.3 is 9.47 Å². The van der Waals surface area contributed by atoms with Crippen molar-refractivity contribution in [1.29, 1.82) is 0 Å². The molecule has 0 amide bonds. The van der Waals surface area contributed by atoms with Gasteiger partial charge in [0.25, 0.3) is 0 Å². The van der Waals surface area contributed by atoms with Crippen molar-refractivity contribution in [3.05, 3.63) is 59.7 Å². The zero-order valence-corrected chi connectivity index (χ0v) is 12.7. The molecular formula is C17H12F4O4. The zero-order chi connectivity index (χ0) is 18.4. The smallest absolute Gasteiger partial charge is 0.311 e. The topological polar surface area (TPSA) is 52.6 Å². The molecule has 0 saturated carbocycles. The molecule has 2 aromatic rings. The predicted molar refractivity (Wildman–Crippen MR) is 77.8 cm³/mol. The highest BCUT2D eigenvalue weighted by atomic mass is 19.2. The predicted octanol–water partition coefficient (Wildman–Crippen LogP) is 3.92. The van der Waals surface area contributed by atoms with Crippen molar-refractivity contribution in [2.45, 2.75) is 19.3 Å². The van der Waals surface area contributed by atoms with Crippen LogP contribution in [0.15, 0.2) is 36.4 Å². The maximum Gasteiger partial charge on any atom is 0.311 e. The number of carbonyl (C=O) groups excluding carboxylic acids is 2. The minimum atomic E-state index is -1.15. The van der Waals surface area contributed by atoms with E-state index in [9.17, 15) is 27.2 Å². The number of hydrogen-bond donors (Lipinski definition) is 0. The standard InChI is InChI=1S/C17H12F4O4/c18-12-6-4-10(8-14(12)20)24-16(22)2-1-3-17(23)25-11-5-7-13(19)15(21)9-11/h4-9H,1-3H2. The summed E-state index contributed by atoms with van der Waals surface area (Å²) in [6.07, 6.45) is -0.289. The summed E-state index contributed by atoms with van der Waals surface area (Å²) >= 11 is 0. The van der Waals surface area contributed by atoms with E-state index in [1.807, 2.05) is 0 Å². The lowest BCUT2D eigenvalue weighted by Crippen LogP contribution is -2.12. The number of carbonyl (C=O) groups is 2. The summed E-state index contributed by atoms with van der Waals surface area (Å²) < 4.78 is 61.0. The second-order valence-electron chi connectivity index (χ2n) is 4.95. The van der Waals surface area contributed by atoms with Crippen LogP contribution in [0.5, 0.6) is 11.5 Å². The van der Waals surface area contributed by atoms with Crippen LogP contribution in [-0.2, 0) is 9.59 Å². The number of ether oxygens (including phenoxy) is 2. The molecule has 0 saturated heterocycles. The van der Waals surface area contributed by atoms with E-state index in [-0.39, 0.29) is 30.8 Å². The van der Waals surface area contributed by atoms with Crippen molar-refractivity contribution in [3.8, 4) is 11.5 Å². The molecule has 0 aliphatic rings. The monoisotopic (exact) mass is 356 g/mol. The Labute approximate surface area is 140 Å². The van der Waals surface area contributed by atoms with Gasteiger partial charge in [0.05, 0.1) is 0 Å². The molecule has 0 unspecified atom stereocenters. The van der Waals surface area contributed by atoms with E-state index >= 15 is 0 Å². The summed E-state index contributed by atoms with van der Waals surface area (Å²) in [7, 11) is 0. The third-order valence-corrected chi connectivity index (χ3v) is 3.01. The molecule has 0 aromatic heterocycles. The lowest BCUT2D eigenvalue weighted by Gasteiger charge is -2.06. The van der Waals surface area contributed by atoms with Crippen LogP contribution in [0.25, 0.3) is 0 Å². The summed E-state index contributed by atoms with van der Waals surface area (Å²) in [5, 5.41) is 0. The average molecular weight is 356 g/mol. The number of esters is 2. The van der Waals surface area contributed by atoms with Gasteiger partial charge in [-0.05, 0) is 30.7 Å². The van der Waals surface area contributed by atoms with Gasteiger partial charge in [-0.2, -0.15) is 0 Å². The van der Waals surface area contributed by atoms with Gasteiger partial charge in [0.2, 0.25) is 0 Å². The van der Waals surface area contributed by atoms with Crippen LogP contribution in [0.1, 0.15) is 19.3 Å². The van der Waals surface area contributed by atoms with E-state index in [4.69, 9.17) is 9.47 Å². The van der Waals surface area contributed by atoms with Gasteiger partial charge in [0.1, 0.15) is 11.5 Å². The first kappa shape index (κ1) is 18.4. The minimum absolute atomic E-state index is 0.0605. The molecule has 0 radical (unpaired) electrons. The quantitative estimate of drug-likeness (QED) is 0.447. The molecule has 2 rings (SSSR count). The van der Waals surface area contributed by atoms with Crippen LogP contribution < -0.4 is 9.47 Å². The Morgan fingerprint density at radius 2 is 1.08 bits per heavy atom. The van der Waals surface area contributed by atoms with Crippen molar-refractivity contribution in [2.75, 3.05) is 0 Å². The molecule has 4 nitrogen and oxygen atoms in total. The van der Waals surface area contributed by atoms with Crippen molar-refractivity contribution >= 4 is 11.9 Å². The van der Waals surface area contributed by atoms with E-state index in [2.05, 4.69) is 0 Å². The fourth-order valence-electron chi connectivity index (χ4n) is 1.82. The molecule has 0 heterocycles. The van der Waals surface area contributed by atoms with Crippen LogP contribution in [-0.4, -0.2) is 11.9 Å². The van der Waals surface area contributed by atoms with E-state index in [1.54, 1.807) is 0 Å². The fraction of sp³-hybridized carbons (Fsp3) is 0.176. The number of hydrogen-bond acceptors (Lipinski definition) is 4. The summed E-state index contributed by atoms with van der Waals surface area (Å²) in [5.41, 5.74) is 0. The van der Waals surface area contributed by atoms with E-state index in [0.717, 1.165) is 36.4 Å². The molecule has 0 aliphatic heterocycles. The van der Waals surface area contributed by atoms with Crippen LogP contribution in [0.4, 0.5) is 17.6 Å². The largest absolute Gasteiger partial charge is 0.426 e. The normalized spacial score (nSPS) is 10.4. The molecule has 25 heavy (non-hydrogen) atoms. The molecule has 0 atom stereocenters. The summed E-state index contributed by atoms with van der Waals surface area (Å²) in [4.78, 5) is 23.1. The number of rotatable bonds is 6. The second kappa shape index (κ2) is 8.27. The molecule has 0 bridgehead atoms. The highest BCUT2D eigenvalue weighted by molar-refractivity contribution is 5.75. The van der Waals surface area contributed by atoms with Gasteiger partial charge in [-0.25, -0.2) is 17.6 Å². The van der Waals surface area contributed by atoms with Crippen LogP contribution in [0.3, 0.4) is 0 Å². The van der Waals surface area contributed by atoms with E-state index in [1.165, 1.54) is 0 Å². The minimum Gasteiger partial charge on any atom is -0.426 e. The molecule has 0 N–H and O–H groups in total. The Morgan fingerprint density at radius 1 is 0.680 bits per heavy atom. The first-order valence-corrected chi connectivity index (χ1v) is 7.16. The third kappa shape index (κ3) is 5.59. The second-order valence-corrected chi connectivity index (χ2v) is 4.95. The molecular weight excluding hydrogens is 344 g/mol. The SMILES string of the molecule is O=C(CCCC(=O)Oc1ccc(F)c(F)c1)Oc1ccc(F)c(F)c1. The number of benzene rings is 2. The van der Waals surface area contributed by atoms with Gasteiger partial charge in [0, 0.05) is 25.0 Å². The number of halogens is 4. The van der Waals surface area contributed by atoms with Gasteiger partial charge in [-0.15, -0.1) is 0 Å². The Hall–Kier alpha value is -2.90. The van der Waals surface area contributed by atoms with Crippen LogP contribution >= 0.6 is 0 Å². The van der Waals surface area contributed by atoms with Crippen LogP contribution in [0, 0.1) is 23.3 Å². The molecule has 132 valence electrons. The average Bonchev–Trinajstić information content (AvgIpc) is 2.54. The molecule has 0 fully saturated rings. The van der Waals surface area contributed by atoms with Gasteiger partial charge in [-0.3, -0.25) is 9.59 Å².